The molecule has 0 saturated carbocycles. The molecule has 2 fully saturated rings. The summed E-state index contributed by atoms with van der Waals surface area (Å²) in [6.45, 7) is 9.64. The van der Waals surface area contributed by atoms with Crippen LogP contribution in [0.1, 0.15) is 39.5 Å². The van der Waals surface area contributed by atoms with E-state index >= 15 is 0 Å². The fourth-order valence-corrected chi connectivity index (χ4v) is 3.68. The van der Waals surface area contributed by atoms with Gasteiger partial charge in [-0.1, -0.05) is 13.8 Å². The van der Waals surface area contributed by atoms with Gasteiger partial charge in [-0.05, 0) is 32.7 Å². The van der Waals surface area contributed by atoms with Crippen molar-refractivity contribution in [2.45, 2.75) is 57.2 Å². The Morgan fingerprint density at radius 3 is 2.68 bits per heavy atom. The molecule has 0 aromatic rings. The highest BCUT2D eigenvalue weighted by atomic mass is 16.5. The predicted molar refractivity (Wildman–Crippen MR) is 79.3 cm³/mol. The van der Waals surface area contributed by atoms with E-state index in [0.717, 1.165) is 45.5 Å². The third-order valence-corrected chi connectivity index (χ3v) is 5.28. The normalized spacial score (nSPS) is 38.5. The summed E-state index contributed by atoms with van der Waals surface area (Å²) in [6, 6.07) is 0.681. The van der Waals surface area contributed by atoms with Crippen molar-refractivity contribution in [3.05, 3.63) is 0 Å². The van der Waals surface area contributed by atoms with Crippen LogP contribution in [0.15, 0.2) is 0 Å². The maximum absolute atomic E-state index is 6.20. The largest absolute Gasteiger partial charge is 0.378 e. The number of piperazine rings is 1. The van der Waals surface area contributed by atoms with Gasteiger partial charge in [0.1, 0.15) is 0 Å². The van der Waals surface area contributed by atoms with E-state index in [9.17, 15) is 0 Å². The van der Waals surface area contributed by atoms with Crippen LogP contribution in [0.3, 0.4) is 0 Å². The summed E-state index contributed by atoms with van der Waals surface area (Å²) in [4.78, 5) is 5.17. The highest BCUT2D eigenvalue weighted by Gasteiger charge is 2.42. The van der Waals surface area contributed by atoms with Crippen LogP contribution in [0.5, 0.6) is 0 Å². The Balaban J connectivity index is 2.08. The van der Waals surface area contributed by atoms with Crippen LogP contribution in [-0.2, 0) is 4.74 Å². The van der Waals surface area contributed by atoms with E-state index in [1.54, 1.807) is 0 Å². The molecule has 0 aromatic heterocycles. The fraction of sp³-hybridized carbons (Fsp3) is 1.00. The molecule has 3 unspecified atom stereocenters. The molecule has 0 radical (unpaired) electrons. The van der Waals surface area contributed by atoms with Gasteiger partial charge in [0.2, 0.25) is 0 Å². The Hall–Kier alpha value is -0.160. The SMILES string of the molecule is CCC1CC(CN)(N2CCN(C)C(CC)C2)CCO1. The number of rotatable bonds is 4. The number of hydrogen-bond donors (Lipinski definition) is 1. The predicted octanol–water partition coefficient (Wildman–Crippen LogP) is 1.30. The molecule has 0 bridgehead atoms. The summed E-state index contributed by atoms with van der Waals surface area (Å²) in [5.41, 5.74) is 6.38. The van der Waals surface area contributed by atoms with Crippen molar-refractivity contribution in [1.82, 2.24) is 9.80 Å². The molecule has 112 valence electrons. The molecule has 0 amide bonds. The van der Waals surface area contributed by atoms with E-state index in [2.05, 4.69) is 30.7 Å². The minimum Gasteiger partial charge on any atom is -0.378 e. The molecule has 2 saturated heterocycles. The average molecular weight is 269 g/mol. The molecule has 2 aliphatic rings. The molecule has 2 aliphatic heterocycles. The molecule has 0 aliphatic carbocycles. The van der Waals surface area contributed by atoms with Gasteiger partial charge in [0.25, 0.3) is 0 Å². The number of ether oxygens (including phenoxy) is 1. The van der Waals surface area contributed by atoms with Gasteiger partial charge in [0.15, 0.2) is 0 Å². The monoisotopic (exact) mass is 269 g/mol. The third kappa shape index (κ3) is 3.13. The molecular weight excluding hydrogens is 238 g/mol. The van der Waals surface area contributed by atoms with E-state index < -0.39 is 0 Å². The third-order valence-electron chi connectivity index (χ3n) is 5.28. The van der Waals surface area contributed by atoms with Crippen molar-refractivity contribution in [3.63, 3.8) is 0 Å². The molecule has 2 N–H and O–H groups in total. The lowest BCUT2D eigenvalue weighted by Gasteiger charge is -2.52. The van der Waals surface area contributed by atoms with E-state index in [1.165, 1.54) is 13.0 Å². The van der Waals surface area contributed by atoms with Crippen molar-refractivity contribution < 1.29 is 4.74 Å². The molecular formula is C15H31N3O. The highest BCUT2D eigenvalue weighted by molar-refractivity contribution is 4.99. The van der Waals surface area contributed by atoms with E-state index in [0.29, 0.717) is 12.1 Å². The zero-order valence-corrected chi connectivity index (χ0v) is 12.9. The Kier molecular flexibility index (Phi) is 5.23. The molecule has 2 heterocycles. The Morgan fingerprint density at radius 2 is 2.05 bits per heavy atom. The zero-order valence-electron chi connectivity index (χ0n) is 12.9. The maximum atomic E-state index is 6.20. The van der Waals surface area contributed by atoms with Crippen LogP contribution in [0, 0.1) is 0 Å². The van der Waals surface area contributed by atoms with E-state index in [1.807, 2.05) is 0 Å². The van der Waals surface area contributed by atoms with Crippen molar-refractivity contribution >= 4 is 0 Å². The second-order valence-corrected chi connectivity index (χ2v) is 6.27. The first kappa shape index (κ1) is 15.2. The van der Waals surface area contributed by atoms with Gasteiger partial charge in [-0.2, -0.15) is 0 Å². The second-order valence-electron chi connectivity index (χ2n) is 6.27. The Labute approximate surface area is 118 Å². The van der Waals surface area contributed by atoms with Crippen LogP contribution >= 0.6 is 0 Å². The first-order valence-corrected chi connectivity index (χ1v) is 7.92. The number of likely N-dealkylation sites (N-methyl/N-ethyl adjacent to an activating group) is 1. The summed E-state index contributed by atoms with van der Waals surface area (Å²) in [5.74, 6) is 0. The first-order chi connectivity index (χ1) is 9.15. The van der Waals surface area contributed by atoms with Crippen molar-refractivity contribution in [1.29, 1.82) is 0 Å². The van der Waals surface area contributed by atoms with Gasteiger partial charge in [0, 0.05) is 44.4 Å². The lowest BCUT2D eigenvalue weighted by atomic mass is 9.83. The van der Waals surface area contributed by atoms with Gasteiger partial charge in [0.05, 0.1) is 6.10 Å². The lowest BCUT2D eigenvalue weighted by molar-refractivity contribution is -0.0888. The molecule has 3 atom stereocenters. The molecule has 0 aromatic carbocycles. The van der Waals surface area contributed by atoms with Crippen molar-refractivity contribution in [2.75, 3.05) is 39.8 Å². The molecule has 0 spiro atoms. The van der Waals surface area contributed by atoms with Crippen molar-refractivity contribution in [2.24, 2.45) is 5.73 Å². The topological polar surface area (TPSA) is 41.7 Å². The van der Waals surface area contributed by atoms with Gasteiger partial charge < -0.3 is 15.4 Å². The lowest BCUT2D eigenvalue weighted by Crippen LogP contribution is -2.64. The van der Waals surface area contributed by atoms with Crippen LogP contribution < -0.4 is 5.73 Å². The summed E-state index contributed by atoms with van der Waals surface area (Å²) in [6.07, 6.45) is 4.94. The summed E-state index contributed by atoms with van der Waals surface area (Å²) >= 11 is 0. The van der Waals surface area contributed by atoms with Crippen LogP contribution in [0.2, 0.25) is 0 Å². The van der Waals surface area contributed by atoms with Gasteiger partial charge >= 0.3 is 0 Å². The first-order valence-electron chi connectivity index (χ1n) is 7.92. The average Bonchev–Trinajstić information content (AvgIpc) is 2.47. The van der Waals surface area contributed by atoms with Crippen LogP contribution in [0.4, 0.5) is 0 Å². The van der Waals surface area contributed by atoms with Gasteiger partial charge in [-0.3, -0.25) is 4.90 Å². The summed E-state index contributed by atoms with van der Waals surface area (Å²) < 4.78 is 5.86. The quantitative estimate of drug-likeness (QED) is 0.835. The van der Waals surface area contributed by atoms with Crippen LogP contribution in [-0.4, -0.2) is 67.3 Å². The minimum atomic E-state index is 0.188. The van der Waals surface area contributed by atoms with Gasteiger partial charge in [-0.15, -0.1) is 0 Å². The zero-order chi connectivity index (χ0) is 13.9. The molecule has 4 heteroatoms. The Bertz CT molecular complexity index is 287. The number of nitrogens with two attached hydrogens (primary N) is 1. The standard InChI is InChI=1S/C15H31N3O/c1-4-13-11-18(8-7-17(13)3)15(12-16)6-9-19-14(5-2)10-15/h13-14H,4-12,16H2,1-3H3. The van der Waals surface area contributed by atoms with Crippen LogP contribution in [0.25, 0.3) is 0 Å². The smallest absolute Gasteiger partial charge is 0.0590 e. The summed E-state index contributed by atoms with van der Waals surface area (Å²) in [5, 5.41) is 0. The maximum Gasteiger partial charge on any atom is 0.0590 e. The summed E-state index contributed by atoms with van der Waals surface area (Å²) in [7, 11) is 2.25. The second kappa shape index (κ2) is 6.53. The number of nitrogens with zero attached hydrogens (tertiary/aromatic N) is 2. The molecule has 4 nitrogen and oxygen atoms in total. The minimum absolute atomic E-state index is 0.188. The molecule has 19 heavy (non-hydrogen) atoms. The highest BCUT2D eigenvalue weighted by Crippen LogP contribution is 2.33. The van der Waals surface area contributed by atoms with Gasteiger partial charge in [-0.25, -0.2) is 0 Å². The van der Waals surface area contributed by atoms with E-state index in [4.69, 9.17) is 10.5 Å². The fourth-order valence-electron chi connectivity index (χ4n) is 3.68. The Morgan fingerprint density at radius 1 is 1.26 bits per heavy atom. The number of hydrogen-bond acceptors (Lipinski definition) is 4. The van der Waals surface area contributed by atoms with Crippen molar-refractivity contribution in [3.8, 4) is 0 Å². The van der Waals surface area contributed by atoms with E-state index in [-0.39, 0.29) is 5.54 Å². The molecule has 2 rings (SSSR count).